The Balaban J connectivity index is 2.22. The van der Waals surface area contributed by atoms with Crippen LogP contribution in [0, 0.1) is 6.92 Å². The van der Waals surface area contributed by atoms with Crippen molar-refractivity contribution in [3.8, 4) is 0 Å². The van der Waals surface area contributed by atoms with Crippen LogP contribution in [0.2, 0.25) is 0 Å². The number of furan rings is 1. The van der Waals surface area contributed by atoms with Gasteiger partial charge < -0.3 is 15.5 Å². The molecule has 0 fully saturated rings. The number of rotatable bonds is 4. The van der Waals surface area contributed by atoms with Gasteiger partial charge in [0.1, 0.15) is 10.7 Å². The van der Waals surface area contributed by atoms with E-state index in [1.54, 1.807) is 6.26 Å². The first-order chi connectivity index (χ1) is 8.18. The van der Waals surface area contributed by atoms with Gasteiger partial charge in [-0.05, 0) is 30.7 Å². The van der Waals surface area contributed by atoms with Gasteiger partial charge in [-0.3, -0.25) is 0 Å². The van der Waals surface area contributed by atoms with Gasteiger partial charge in [0.25, 0.3) is 0 Å². The SMILES string of the molecule is Cc1cccc(C(N)=S)c1NCc1ccco1. The summed E-state index contributed by atoms with van der Waals surface area (Å²) < 4.78 is 5.27. The van der Waals surface area contributed by atoms with E-state index in [4.69, 9.17) is 22.4 Å². The number of hydrogen-bond donors (Lipinski definition) is 2. The smallest absolute Gasteiger partial charge is 0.122 e. The average Bonchev–Trinajstić information content (AvgIpc) is 2.80. The fraction of sp³-hybridized carbons (Fsp3) is 0.154. The van der Waals surface area contributed by atoms with Crippen molar-refractivity contribution >= 4 is 22.9 Å². The van der Waals surface area contributed by atoms with Crippen LogP contribution in [-0.2, 0) is 6.54 Å². The zero-order chi connectivity index (χ0) is 12.3. The van der Waals surface area contributed by atoms with Gasteiger partial charge in [0.15, 0.2) is 0 Å². The maximum atomic E-state index is 5.70. The molecule has 0 spiro atoms. The van der Waals surface area contributed by atoms with Gasteiger partial charge in [-0.2, -0.15) is 0 Å². The Morgan fingerprint density at radius 3 is 2.82 bits per heavy atom. The Morgan fingerprint density at radius 2 is 2.18 bits per heavy atom. The molecule has 0 atom stereocenters. The summed E-state index contributed by atoms with van der Waals surface area (Å²) in [6.45, 7) is 2.64. The van der Waals surface area contributed by atoms with Crippen molar-refractivity contribution in [3.05, 3.63) is 53.5 Å². The van der Waals surface area contributed by atoms with Crippen LogP contribution in [0.25, 0.3) is 0 Å². The van der Waals surface area contributed by atoms with Gasteiger partial charge in [0.05, 0.1) is 12.8 Å². The number of para-hydroxylation sites is 1. The number of nitrogens with two attached hydrogens (primary N) is 1. The lowest BCUT2D eigenvalue weighted by Crippen LogP contribution is -2.14. The van der Waals surface area contributed by atoms with E-state index < -0.39 is 0 Å². The molecule has 17 heavy (non-hydrogen) atoms. The molecule has 0 unspecified atom stereocenters. The molecule has 0 aliphatic rings. The first-order valence-electron chi connectivity index (χ1n) is 5.34. The lowest BCUT2D eigenvalue weighted by atomic mass is 10.1. The third-order valence-electron chi connectivity index (χ3n) is 2.56. The molecule has 2 aromatic rings. The van der Waals surface area contributed by atoms with Gasteiger partial charge >= 0.3 is 0 Å². The molecule has 3 nitrogen and oxygen atoms in total. The third kappa shape index (κ3) is 2.65. The minimum atomic E-state index is 0.399. The van der Waals surface area contributed by atoms with Gasteiger partial charge in [-0.1, -0.05) is 24.4 Å². The van der Waals surface area contributed by atoms with Crippen LogP contribution in [0.4, 0.5) is 5.69 Å². The van der Waals surface area contributed by atoms with E-state index in [9.17, 15) is 0 Å². The summed E-state index contributed by atoms with van der Waals surface area (Å²) in [5.74, 6) is 0.877. The van der Waals surface area contributed by atoms with Gasteiger partial charge in [-0.15, -0.1) is 0 Å². The second-order valence-electron chi connectivity index (χ2n) is 3.79. The molecule has 3 N–H and O–H groups in total. The first kappa shape index (κ1) is 11.7. The van der Waals surface area contributed by atoms with Crippen LogP contribution in [0.5, 0.6) is 0 Å². The van der Waals surface area contributed by atoms with Crippen LogP contribution < -0.4 is 11.1 Å². The van der Waals surface area contributed by atoms with Gasteiger partial charge in [-0.25, -0.2) is 0 Å². The highest BCUT2D eigenvalue weighted by molar-refractivity contribution is 7.80. The lowest BCUT2D eigenvalue weighted by Gasteiger charge is -2.13. The van der Waals surface area contributed by atoms with Crippen LogP contribution in [0.15, 0.2) is 41.0 Å². The quantitative estimate of drug-likeness (QED) is 0.814. The van der Waals surface area contributed by atoms with Crippen molar-refractivity contribution in [2.75, 3.05) is 5.32 Å². The Hall–Kier alpha value is -1.81. The largest absolute Gasteiger partial charge is 0.467 e. The first-order valence-corrected chi connectivity index (χ1v) is 5.75. The van der Waals surface area contributed by atoms with E-state index in [1.165, 1.54) is 0 Å². The molecule has 2 rings (SSSR count). The van der Waals surface area contributed by atoms with Crippen LogP contribution in [-0.4, -0.2) is 4.99 Å². The monoisotopic (exact) mass is 246 g/mol. The summed E-state index contributed by atoms with van der Waals surface area (Å²) >= 11 is 5.04. The van der Waals surface area contributed by atoms with Crippen LogP contribution in [0.3, 0.4) is 0 Å². The lowest BCUT2D eigenvalue weighted by molar-refractivity contribution is 0.518. The highest BCUT2D eigenvalue weighted by Gasteiger charge is 2.07. The minimum absolute atomic E-state index is 0.399. The molecule has 0 radical (unpaired) electrons. The van der Waals surface area contributed by atoms with Crippen molar-refractivity contribution in [1.29, 1.82) is 0 Å². The zero-order valence-corrected chi connectivity index (χ0v) is 10.4. The molecule has 1 aromatic heterocycles. The number of thiocarbonyl (C=S) groups is 1. The summed E-state index contributed by atoms with van der Waals surface area (Å²) in [4.78, 5) is 0.399. The van der Waals surface area contributed by atoms with E-state index in [-0.39, 0.29) is 0 Å². The maximum absolute atomic E-state index is 5.70. The number of nitrogens with one attached hydrogen (secondary N) is 1. The molecule has 1 aromatic carbocycles. The molecule has 0 saturated carbocycles. The van der Waals surface area contributed by atoms with Crippen LogP contribution in [0.1, 0.15) is 16.9 Å². The molecule has 4 heteroatoms. The Morgan fingerprint density at radius 1 is 1.35 bits per heavy atom. The van der Waals surface area contributed by atoms with Gasteiger partial charge in [0.2, 0.25) is 0 Å². The fourth-order valence-electron chi connectivity index (χ4n) is 1.70. The highest BCUT2D eigenvalue weighted by atomic mass is 32.1. The molecule has 0 amide bonds. The average molecular weight is 246 g/mol. The maximum Gasteiger partial charge on any atom is 0.122 e. The van der Waals surface area contributed by atoms with Crippen molar-refractivity contribution in [3.63, 3.8) is 0 Å². The summed E-state index contributed by atoms with van der Waals surface area (Å²) in [5, 5.41) is 3.30. The number of benzene rings is 1. The summed E-state index contributed by atoms with van der Waals surface area (Å²) in [5.41, 5.74) is 8.65. The van der Waals surface area contributed by atoms with Crippen molar-refractivity contribution in [1.82, 2.24) is 0 Å². The number of anilines is 1. The molecule has 0 aliphatic carbocycles. The van der Waals surface area contributed by atoms with E-state index in [2.05, 4.69) is 5.32 Å². The predicted octanol–water partition coefficient (Wildman–Crippen LogP) is 2.83. The van der Waals surface area contributed by atoms with E-state index >= 15 is 0 Å². The van der Waals surface area contributed by atoms with E-state index in [0.717, 1.165) is 22.6 Å². The molecule has 1 heterocycles. The van der Waals surface area contributed by atoms with Crippen molar-refractivity contribution in [2.24, 2.45) is 5.73 Å². The fourth-order valence-corrected chi connectivity index (χ4v) is 1.87. The Bertz CT molecular complexity index is 520. The Kier molecular flexibility index (Phi) is 3.44. The molecular weight excluding hydrogens is 232 g/mol. The summed E-state index contributed by atoms with van der Waals surface area (Å²) in [6.07, 6.45) is 1.66. The molecule has 88 valence electrons. The summed E-state index contributed by atoms with van der Waals surface area (Å²) in [6, 6.07) is 9.67. The van der Waals surface area contributed by atoms with Crippen molar-refractivity contribution < 1.29 is 4.42 Å². The number of hydrogen-bond acceptors (Lipinski definition) is 3. The second-order valence-corrected chi connectivity index (χ2v) is 4.23. The highest BCUT2D eigenvalue weighted by Crippen LogP contribution is 2.21. The molecular formula is C13H14N2OS. The van der Waals surface area contributed by atoms with Gasteiger partial charge in [0, 0.05) is 11.3 Å². The minimum Gasteiger partial charge on any atom is -0.467 e. The molecule has 0 saturated heterocycles. The molecule has 0 aliphatic heterocycles. The van der Waals surface area contributed by atoms with E-state index in [0.29, 0.717) is 11.5 Å². The van der Waals surface area contributed by atoms with E-state index in [1.807, 2.05) is 37.3 Å². The summed E-state index contributed by atoms with van der Waals surface area (Å²) in [7, 11) is 0. The second kappa shape index (κ2) is 5.01. The standard InChI is InChI=1S/C13H14N2OS/c1-9-4-2-6-11(13(14)17)12(9)15-8-10-5-3-7-16-10/h2-7,15H,8H2,1H3,(H2,14,17). The molecule has 0 bridgehead atoms. The zero-order valence-electron chi connectivity index (χ0n) is 9.57. The topological polar surface area (TPSA) is 51.2 Å². The predicted molar refractivity (Wildman–Crippen MR) is 73.1 cm³/mol. The van der Waals surface area contributed by atoms with Crippen LogP contribution >= 0.6 is 12.2 Å². The Labute approximate surface area is 106 Å². The number of aryl methyl sites for hydroxylation is 1. The third-order valence-corrected chi connectivity index (χ3v) is 2.78. The van der Waals surface area contributed by atoms with Crippen molar-refractivity contribution in [2.45, 2.75) is 13.5 Å². The normalized spacial score (nSPS) is 10.2.